The molecule has 27 heavy (non-hydrogen) atoms. The molecule has 0 bridgehead atoms. The fourth-order valence-electron chi connectivity index (χ4n) is 3.54. The van der Waals surface area contributed by atoms with Gasteiger partial charge in [-0.2, -0.15) is 0 Å². The zero-order chi connectivity index (χ0) is 19.1. The number of likely N-dealkylation sites (N-methyl/N-ethyl adjacent to an activating group) is 1. The molecule has 1 aliphatic heterocycles. The fraction of sp³-hybridized carbons (Fsp3) is 0.429. The minimum absolute atomic E-state index is 0.0372. The van der Waals surface area contributed by atoms with E-state index < -0.39 is 0 Å². The number of piperidine rings is 1. The van der Waals surface area contributed by atoms with Gasteiger partial charge in [-0.25, -0.2) is 4.79 Å². The Morgan fingerprint density at radius 2 is 2.00 bits per heavy atom. The van der Waals surface area contributed by atoms with Crippen molar-refractivity contribution in [3.63, 3.8) is 0 Å². The van der Waals surface area contributed by atoms with Gasteiger partial charge in [-0.3, -0.25) is 9.88 Å². The molecule has 2 aromatic rings. The number of nitrogens with zero attached hydrogens (tertiary/aromatic N) is 3. The van der Waals surface area contributed by atoms with Gasteiger partial charge in [0.2, 0.25) is 0 Å². The summed E-state index contributed by atoms with van der Waals surface area (Å²) in [6.45, 7) is 5.57. The molecule has 1 aromatic heterocycles. The number of urea groups is 1. The second-order valence-corrected chi connectivity index (χ2v) is 6.82. The van der Waals surface area contributed by atoms with Crippen LogP contribution in [0.15, 0.2) is 48.8 Å². The number of carbonyl (C=O) groups is 1. The molecule has 6 heteroatoms. The Bertz CT molecular complexity index is 721. The van der Waals surface area contributed by atoms with E-state index in [1.165, 1.54) is 5.56 Å². The molecule has 1 saturated heterocycles. The zero-order valence-corrected chi connectivity index (χ0v) is 16.1. The number of rotatable bonds is 6. The van der Waals surface area contributed by atoms with Gasteiger partial charge in [-0.1, -0.05) is 6.92 Å². The van der Waals surface area contributed by atoms with Crippen LogP contribution in [0.25, 0.3) is 0 Å². The molecule has 0 radical (unpaired) electrons. The molecule has 1 atom stereocenters. The van der Waals surface area contributed by atoms with Crippen LogP contribution in [-0.4, -0.2) is 53.6 Å². The third kappa shape index (κ3) is 5.20. The van der Waals surface area contributed by atoms with E-state index in [2.05, 4.69) is 34.3 Å². The van der Waals surface area contributed by atoms with Crippen molar-refractivity contribution >= 4 is 11.7 Å². The van der Waals surface area contributed by atoms with Crippen LogP contribution in [0, 0.1) is 0 Å². The average molecular weight is 368 g/mol. The molecule has 0 spiro atoms. The van der Waals surface area contributed by atoms with E-state index in [4.69, 9.17) is 4.74 Å². The van der Waals surface area contributed by atoms with E-state index in [0.717, 1.165) is 50.5 Å². The molecule has 1 fully saturated rings. The number of anilines is 1. The van der Waals surface area contributed by atoms with E-state index in [-0.39, 0.29) is 6.03 Å². The maximum absolute atomic E-state index is 12.7. The summed E-state index contributed by atoms with van der Waals surface area (Å²) in [6.07, 6.45) is 5.80. The van der Waals surface area contributed by atoms with Crippen molar-refractivity contribution < 1.29 is 9.53 Å². The van der Waals surface area contributed by atoms with E-state index in [9.17, 15) is 4.79 Å². The molecule has 2 amide bonds. The maximum Gasteiger partial charge on any atom is 0.321 e. The second-order valence-electron chi connectivity index (χ2n) is 6.82. The Labute approximate surface area is 161 Å². The number of amides is 2. The molecule has 1 N–H and O–H groups in total. The van der Waals surface area contributed by atoms with Crippen molar-refractivity contribution in [2.75, 3.05) is 32.1 Å². The Morgan fingerprint density at radius 1 is 1.26 bits per heavy atom. The number of ether oxygens (including phenoxy) is 1. The number of methoxy groups -OCH3 is 1. The van der Waals surface area contributed by atoms with E-state index in [0.29, 0.717) is 6.04 Å². The lowest BCUT2D eigenvalue weighted by Gasteiger charge is -2.39. The summed E-state index contributed by atoms with van der Waals surface area (Å²) in [7, 11) is 1.63. The SMILES string of the molecule is CCN(Cc1ccncc1)[C@@H]1CCCN(C(=O)Nc2ccc(OC)cc2)C1. The number of benzene rings is 1. The van der Waals surface area contributed by atoms with Gasteiger partial charge in [0.1, 0.15) is 5.75 Å². The lowest BCUT2D eigenvalue weighted by molar-refractivity contribution is 0.112. The summed E-state index contributed by atoms with van der Waals surface area (Å²) in [5.74, 6) is 0.778. The van der Waals surface area contributed by atoms with Crippen molar-refractivity contribution in [1.29, 1.82) is 0 Å². The minimum atomic E-state index is -0.0372. The predicted molar refractivity (Wildman–Crippen MR) is 107 cm³/mol. The number of carbonyl (C=O) groups excluding carboxylic acids is 1. The van der Waals surface area contributed by atoms with Crippen LogP contribution in [0.4, 0.5) is 10.5 Å². The molecule has 144 valence electrons. The number of hydrogen-bond donors (Lipinski definition) is 1. The van der Waals surface area contributed by atoms with Gasteiger partial charge in [-0.15, -0.1) is 0 Å². The number of nitrogens with one attached hydrogen (secondary N) is 1. The van der Waals surface area contributed by atoms with Crippen LogP contribution < -0.4 is 10.1 Å². The Morgan fingerprint density at radius 3 is 2.67 bits per heavy atom. The average Bonchev–Trinajstić information content (AvgIpc) is 2.73. The smallest absolute Gasteiger partial charge is 0.321 e. The molecule has 1 aliphatic rings. The summed E-state index contributed by atoms with van der Waals surface area (Å²) >= 11 is 0. The summed E-state index contributed by atoms with van der Waals surface area (Å²) < 4.78 is 5.16. The van der Waals surface area contributed by atoms with E-state index in [1.807, 2.05) is 41.6 Å². The van der Waals surface area contributed by atoms with Crippen LogP contribution >= 0.6 is 0 Å². The van der Waals surface area contributed by atoms with Gasteiger partial charge < -0.3 is 15.0 Å². The first-order chi connectivity index (χ1) is 13.2. The number of likely N-dealkylation sites (tertiary alicyclic amines) is 1. The Balaban J connectivity index is 1.59. The topological polar surface area (TPSA) is 57.7 Å². The van der Waals surface area contributed by atoms with Gasteiger partial charge >= 0.3 is 6.03 Å². The molecule has 3 rings (SSSR count). The van der Waals surface area contributed by atoms with Gasteiger partial charge in [-0.05, 0) is 61.3 Å². The minimum Gasteiger partial charge on any atom is -0.497 e. The highest BCUT2D eigenvalue weighted by molar-refractivity contribution is 5.89. The standard InChI is InChI=1S/C21H28N4O2/c1-3-24(15-17-10-12-22-13-11-17)19-5-4-14-25(16-19)21(26)23-18-6-8-20(27-2)9-7-18/h6-13,19H,3-5,14-16H2,1-2H3,(H,23,26)/t19-/m1/s1. The van der Waals surface area contributed by atoms with Gasteiger partial charge in [0, 0.05) is 43.8 Å². The highest BCUT2D eigenvalue weighted by Crippen LogP contribution is 2.20. The monoisotopic (exact) mass is 368 g/mol. The van der Waals surface area contributed by atoms with Crippen molar-refractivity contribution in [2.24, 2.45) is 0 Å². The van der Waals surface area contributed by atoms with Crippen LogP contribution in [0.1, 0.15) is 25.3 Å². The second kappa shape index (κ2) is 9.37. The molecule has 0 unspecified atom stereocenters. The van der Waals surface area contributed by atoms with Crippen LogP contribution in [0.5, 0.6) is 5.75 Å². The first-order valence-electron chi connectivity index (χ1n) is 9.52. The fourth-order valence-corrected chi connectivity index (χ4v) is 3.54. The molecule has 0 aliphatic carbocycles. The quantitative estimate of drug-likeness (QED) is 0.846. The summed E-state index contributed by atoms with van der Waals surface area (Å²) in [6, 6.07) is 11.9. The first-order valence-corrected chi connectivity index (χ1v) is 9.52. The molecule has 2 heterocycles. The van der Waals surface area contributed by atoms with Crippen molar-refractivity contribution in [2.45, 2.75) is 32.4 Å². The number of aromatic nitrogens is 1. The lowest BCUT2D eigenvalue weighted by atomic mass is 10.0. The van der Waals surface area contributed by atoms with E-state index >= 15 is 0 Å². The van der Waals surface area contributed by atoms with Crippen molar-refractivity contribution in [3.05, 3.63) is 54.4 Å². The maximum atomic E-state index is 12.7. The molecule has 0 saturated carbocycles. The van der Waals surface area contributed by atoms with Crippen LogP contribution in [-0.2, 0) is 6.54 Å². The lowest BCUT2D eigenvalue weighted by Crippen LogP contribution is -2.50. The molecular weight excluding hydrogens is 340 g/mol. The van der Waals surface area contributed by atoms with Crippen molar-refractivity contribution in [1.82, 2.24) is 14.8 Å². The van der Waals surface area contributed by atoms with Crippen LogP contribution in [0.3, 0.4) is 0 Å². The largest absolute Gasteiger partial charge is 0.497 e. The molecule has 6 nitrogen and oxygen atoms in total. The Kier molecular flexibility index (Phi) is 6.65. The summed E-state index contributed by atoms with van der Waals surface area (Å²) in [5.41, 5.74) is 2.04. The highest BCUT2D eigenvalue weighted by atomic mass is 16.5. The predicted octanol–water partition coefficient (Wildman–Crippen LogP) is 3.61. The van der Waals surface area contributed by atoms with Gasteiger partial charge in [0.05, 0.1) is 7.11 Å². The number of pyridine rings is 1. The van der Waals surface area contributed by atoms with Crippen molar-refractivity contribution in [3.8, 4) is 5.75 Å². The molecule has 1 aromatic carbocycles. The Hall–Kier alpha value is -2.60. The highest BCUT2D eigenvalue weighted by Gasteiger charge is 2.27. The summed E-state index contributed by atoms with van der Waals surface area (Å²) in [4.78, 5) is 21.2. The number of hydrogen-bond acceptors (Lipinski definition) is 4. The zero-order valence-electron chi connectivity index (χ0n) is 16.1. The first kappa shape index (κ1) is 19.2. The third-order valence-corrected chi connectivity index (χ3v) is 5.08. The van der Waals surface area contributed by atoms with Gasteiger partial charge in [0.15, 0.2) is 0 Å². The van der Waals surface area contributed by atoms with Crippen LogP contribution in [0.2, 0.25) is 0 Å². The third-order valence-electron chi connectivity index (χ3n) is 5.08. The summed E-state index contributed by atoms with van der Waals surface area (Å²) in [5, 5.41) is 2.99. The van der Waals surface area contributed by atoms with E-state index in [1.54, 1.807) is 7.11 Å². The van der Waals surface area contributed by atoms with Gasteiger partial charge in [0.25, 0.3) is 0 Å². The molecular formula is C21H28N4O2. The normalized spacial score (nSPS) is 17.0.